The number of anilines is 1. The number of carbonyl (C=O) groups is 1. The fourth-order valence-electron chi connectivity index (χ4n) is 1.52. The van der Waals surface area contributed by atoms with E-state index in [2.05, 4.69) is 23.7 Å². The van der Waals surface area contributed by atoms with Gasteiger partial charge in [-0.15, -0.1) is 0 Å². The number of methoxy groups -OCH3 is 1. The van der Waals surface area contributed by atoms with Crippen molar-refractivity contribution in [2.24, 2.45) is 5.92 Å². The number of thiazole rings is 1. The minimum absolute atomic E-state index is 0.391. The molecule has 4 nitrogen and oxygen atoms in total. The predicted octanol–water partition coefficient (Wildman–Crippen LogP) is 2.58. The normalized spacial score (nSPS) is 12.5. The van der Waals surface area contributed by atoms with Gasteiger partial charge in [0.2, 0.25) is 0 Å². The maximum Gasteiger partial charge on any atom is 0.186 e. The minimum Gasteiger partial charge on any atom is -0.378 e. The molecule has 0 fully saturated rings. The molecule has 0 aliphatic heterocycles. The van der Waals surface area contributed by atoms with Crippen LogP contribution in [-0.4, -0.2) is 32.0 Å². The van der Waals surface area contributed by atoms with Gasteiger partial charge in [-0.25, -0.2) is 4.98 Å². The molecule has 0 aromatic carbocycles. The average Bonchev–Trinajstić information content (AvgIpc) is 2.72. The van der Waals surface area contributed by atoms with Crippen LogP contribution in [0.1, 0.15) is 35.6 Å². The van der Waals surface area contributed by atoms with Crippen LogP contribution in [0, 0.1) is 5.92 Å². The zero-order chi connectivity index (χ0) is 12.8. The lowest BCUT2D eigenvalue weighted by Crippen LogP contribution is -2.23. The molecule has 0 saturated heterocycles. The van der Waals surface area contributed by atoms with Crippen molar-refractivity contribution in [1.82, 2.24) is 4.98 Å². The Bertz CT molecular complexity index is 365. The van der Waals surface area contributed by atoms with Crippen LogP contribution in [0.3, 0.4) is 0 Å². The van der Waals surface area contributed by atoms with Gasteiger partial charge in [-0.1, -0.05) is 31.6 Å². The third kappa shape index (κ3) is 3.78. The van der Waals surface area contributed by atoms with Gasteiger partial charge in [0, 0.05) is 20.7 Å². The van der Waals surface area contributed by atoms with Crippen molar-refractivity contribution in [3.05, 3.63) is 10.6 Å². The van der Waals surface area contributed by atoms with Gasteiger partial charge in [0.15, 0.2) is 11.4 Å². The van der Waals surface area contributed by atoms with Crippen molar-refractivity contribution < 1.29 is 9.53 Å². The van der Waals surface area contributed by atoms with E-state index >= 15 is 0 Å². The maximum absolute atomic E-state index is 10.9. The summed E-state index contributed by atoms with van der Waals surface area (Å²) in [5.74, 6) is 0.620. The van der Waals surface area contributed by atoms with Crippen molar-refractivity contribution >= 4 is 22.8 Å². The van der Waals surface area contributed by atoms with Gasteiger partial charge in [0.05, 0.1) is 17.2 Å². The van der Waals surface area contributed by atoms with Crippen molar-refractivity contribution in [2.75, 3.05) is 25.6 Å². The maximum atomic E-state index is 10.9. The van der Waals surface area contributed by atoms with Crippen molar-refractivity contribution in [3.8, 4) is 0 Å². The molecule has 0 N–H and O–H groups in total. The first kappa shape index (κ1) is 14.1. The van der Waals surface area contributed by atoms with Crippen molar-refractivity contribution in [3.63, 3.8) is 0 Å². The largest absolute Gasteiger partial charge is 0.378 e. The second-order valence-electron chi connectivity index (χ2n) is 4.25. The smallest absolute Gasteiger partial charge is 0.186 e. The van der Waals surface area contributed by atoms with Crippen LogP contribution in [-0.2, 0) is 11.3 Å². The summed E-state index contributed by atoms with van der Waals surface area (Å²) in [6.07, 6.45) is 1.99. The highest BCUT2D eigenvalue weighted by atomic mass is 32.1. The Balaban J connectivity index is 2.79. The zero-order valence-electron chi connectivity index (χ0n) is 10.9. The van der Waals surface area contributed by atoms with Crippen LogP contribution >= 0.6 is 11.3 Å². The molecule has 1 unspecified atom stereocenters. The van der Waals surface area contributed by atoms with E-state index in [-0.39, 0.29) is 0 Å². The number of hydrogen-bond acceptors (Lipinski definition) is 5. The Morgan fingerprint density at radius 3 is 2.82 bits per heavy atom. The summed E-state index contributed by atoms with van der Waals surface area (Å²) in [4.78, 5) is 18.1. The average molecular weight is 256 g/mol. The van der Waals surface area contributed by atoms with Gasteiger partial charge < -0.3 is 9.64 Å². The second kappa shape index (κ2) is 6.71. The molecule has 5 heteroatoms. The zero-order valence-corrected chi connectivity index (χ0v) is 11.7. The molecule has 0 aliphatic carbocycles. The van der Waals surface area contributed by atoms with Crippen molar-refractivity contribution in [2.45, 2.75) is 26.9 Å². The molecule has 1 atom stereocenters. The highest BCUT2D eigenvalue weighted by Crippen LogP contribution is 2.25. The molecule has 0 radical (unpaired) electrons. The quantitative estimate of drug-likeness (QED) is 0.703. The van der Waals surface area contributed by atoms with Gasteiger partial charge in [0.1, 0.15) is 0 Å². The topological polar surface area (TPSA) is 42.4 Å². The monoisotopic (exact) mass is 256 g/mol. The van der Waals surface area contributed by atoms with Crippen LogP contribution in [0.15, 0.2) is 0 Å². The summed E-state index contributed by atoms with van der Waals surface area (Å²) in [6, 6.07) is 0. The van der Waals surface area contributed by atoms with Gasteiger partial charge in [-0.05, 0) is 5.92 Å². The van der Waals surface area contributed by atoms with Crippen LogP contribution in [0.25, 0.3) is 0 Å². The third-order valence-electron chi connectivity index (χ3n) is 2.71. The lowest BCUT2D eigenvalue weighted by Gasteiger charge is -2.19. The molecular weight excluding hydrogens is 236 g/mol. The highest BCUT2D eigenvalue weighted by molar-refractivity contribution is 7.17. The fraction of sp³-hybridized carbons (Fsp3) is 0.667. The Morgan fingerprint density at radius 1 is 1.59 bits per heavy atom. The molecular formula is C12H20N2O2S. The molecule has 17 heavy (non-hydrogen) atoms. The van der Waals surface area contributed by atoms with E-state index in [0.717, 1.165) is 30.1 Å². The van der Waals surface area contributed by atoms with E-state index in [1.165, 1.54) is 11.3 Å². The molecule has 1 rings (SSSR count). The summed E-state index contributed by atoms with van der Waals surface area (Å²) in [5.41, 5.74) is 0.735. The lowest BCUT2D eigenvalue weighted by atomic mass is 10.1. The number of carbonyl (C=O) groups excluding carboxylic acids is 1. The molecule has 1 aromatic heterocycles. The molecule has 1 aromatic rings. The number of aldehydes is 1. The number of hydrogen-bond donors (Lipinski definition) is 0. The van der Waals surface area contributed by atoms with Crippen LogP contribution in [0.4, 0.5) is 5.13 Å². The van der Waals surface area contributed by atoms with E-state index in [1.807, 2.05) is 7.05 Å². The van der Waals surface area contributed by atoms with E-state index in [0.29, 0.717) is 17.4 Å². The first-order valence-electron chi connectivity index (χ1n) is 5.77. The summed E-state index contributed by atoms with van der Waals surface area (Å²) >= 11 is 1.43. The predicted molar refractivity (Wildman–Crippen MR) is 70.9 cm³/mol. The van der Waals surface area contributed by atoms with Crippen LogP contribution in [0.2, 0.25) is 0 Å². The molecule has 0 spiro atoms. The van der Waals surface area contributed by atoms with Crippen LogP contribution < -0.4 is 4.90 Å². The molecule has 0 aliphatic rings. The Hall–Kier alpha value is -0.940. The molecule has 0 bridgehead atoms. The molecule has 96 valence electrons. The van der Waals surface area contributed by atoms with E-state index in [9.17, 15) is 4.79 Å². The van der Waals surface area contributed by atoms with Crippen LogP contribution in [0.5, 0.6) is 0 Å². The Labute approximate surface area is 107 Å². The van der Waals surface area contributed by atoms with E-state index < -0.39 is 0 Å². The first-order chi connectivity index (χ1) is 8.12. The van der Waals surface area contributed by atoms with Gasteiger partial charge >= 0.3 is 0 Å². The lowest BCUT2D eigenvalue weighted by molar-refractivity contribution is 0.112. The fourth-order valence-corrected chi connectivity index (χ4v) is 2.37. The minimum atomic E-state index is 0.391. The number of rotatable bonds is 7. The summed E-state index contributed by atoms with van der Waals surface area (Å²) < 4.78 is 5.03. The van der Waals surface area contributed by atoms with E-state index in [1.54, 1.807) is 7.11 Å². The van der Waals surface area contributed by atoms with Gasteiger partial charge in [0.25, 0.3) is 0 Å². The Kier molecular flexibility index (Phi) is 5.58. The number of aromatic nitrogens is 1. The summed E-state index contributed by atoms with van der Waals surface area (Å²) in [7, 11) is 3.62. The first-order valence-corrected chi connectivity index (χ1v) is 6.58. The van der Waals surface area contributed by atoms with Crippen molar-refractivity contribution in [1.29, 1.82) is 0 Å². The standard InChI is InChI=1S/C12H20N2O2S/c1-5-9(2)6-14(3)12-13-10(8-16-4)11(7-15)17-12/h7,9H,5-6,8H2,1-4H3. The summed E-state index contributed by atoms with van der Waals surface area (Å²) in [6.45, 7) is 5.73. The molecule has 0 saturated carbocycles. The van der Waals surface area contributed by atoms with Gasteiger partial charge in [-0.3, -0.25) is 4.79 Å². The number of ether oxygens (including phenoxy) is 1. The number of nitrogens with zero attached hydrogens (tertiary/aromatic N) is 2. The van der Waals surface area contributed by atoms with E-state index in [4.69, 9.17) is 4.74 Å². The third-order valence-corrected chi connectivity index (χ3v) is 3.85. The SMILES string of the molecule is CCC(C)CN(C)c1nc(COC)c(C=O)s1. The summed E-state index contributed by atoms with van der Waals surface area (Å²) in [5, 5.41) is 0.888. The second-order valence-corrected chi connectivity index (χ2v) is 5.26. The van der Waals surface area contributed by atoms with Gasteiger partial charge in [-0.2, -0.15) is 0 Å². The highest BCUT2D eigenvalue weighted by Gasteiger charge is 2.14. The molecule has 0 amide bonds. The Morgan fingerprint density at radius 2 is 2.29 bits per heavy atom. The molecule has 1 heterocycles.